The third-order valence-corrected chi connectivity index (χ3v) is 3.99. The largest absolute Gasteiger partial charge is 0.483 e. The number of ether oxygens (including phenoxy) is 2. The molecule has 0 fully saturated rings. The number of hydrazine groups is 1. The Balaban J connectivity index is 1.57. The van der Waals surface area contributed by atoms with Gasteiger partial charge in [-0.25, -0.2) is 0 Å². The predicted octanol–water partition coefficient (Wildman–Crippen LogP) is 3.80. The van der Waals surface area contributed by atoms with Gasteiger partial charge in [0.2, 0.25) is 0 Å². The molecular weight excluding hydrogens is 394 g/mol. The lowest BCUT2D eigenvalue weighted by Gasteiger charge is -2.13. The van der Waals surface area contributed by atoms with Crippen LogP contribution in [0.4, 0.5) is 8.78 Å². The molecule has 0 saturated heterocycles. The Morgan fingerprint density at radius 1 is 0.800 bits per heavy atom. The lowest BCUT2D eigenvalue weighted by molar-refractivity contribution is -0.123. The number of hydrogen-bond acceptors (Lipinski definition) is 4. The van der Waals surface area contributed by atoms with Crippen molar-refractivity contribution in [3.8, 4) is 22.6 Å². The standard InChI is InChI=1S/C22H18F2N2O4/c23-22(24)30-19-13-7-5-11-17(19)21(28)26-25-20(27)14-29-18-12-6-4-10-16(18)15-8-2-1-3-9-15/h1-13,22H,14H2,(H,25,27)(H,26,28). The van der Waals surface area contributed by atoms with Crippen molar-refractivity contribution in [1.82, 2.24) is 10.9 Å². The Kier molecular flexibility index (Phi) is 6.94. The average molecular weight is 412 g/mol. The summed E-state index contributed by atoms with van der Waals surface area (Å²) in [6.07, 6.45) is 0. The van der Waals surface area contributed by atoms with E-state index in [-0.39, 0.29) is 17.9 Å². The first-order valence-corrected chi connectivity index (χ1v) is 8.95. The van der Waals surface area contributed by atoms with Gasteiger partial charge in [-0.15, -0.1) is 0 Å². The van der Waals surface area contributed by atoms with Crippen molar-refractivity contribution in [3.05, 3.63) is 84.4 Å². The lowest BCUT2D eigenvalue weighted by atomic mass is 10.1. The van der Waals surface area contributed by atoms with Crippen LogP contribution < -0.4 is 20.3 Å². The molecule has 3 aromatic carbocycles. The van der Waals surface area contributed by atoms with Gasteiger partial charge in [0.1, 0.15) is 11.5 Å². The van der Waals surface area contributed by atoms with E-state index in [0.29, 0.717) is 5.75 Å². The quantitative estimate of drug-likeness (QED) is 0.579. The topological polar surface area (TPSA) is 76.7 Å². The molecule has 0 saturated carbocycles. The zero-order valence-electron chi connectivity index (χ0n) is 15.7. The van der Waals surface area contributed by atoms with Crippen molar-refractivity contribution in [2.45, 2.75) is 6.61 Å². The molecule has 30 heavy (non-hydrogen) atoms. The first kappa shape index (κ1) is 20.8. The monoisotopic (exact) mass is 412 g/mol. The van der Waals surface area contributed by atoms with Gasteiger partial charge in [-0.05, 0) is 23.8 Å². The first-order chi connectivity index (χ1) is 14.5. The van der Waals surface area contributed by atoms with Gasteiger partial charge >= 0.3 is 6.61 Å². The maximum absolute atomic E-state index is 12.5. The van der Waals surface area contributed by atoms with Gasteiger partial charge in [-0.2, -0.15) is 8.78 Å². The maximum atomic E-state index is 12.5. The zero-order valence-corrected chi connectivity index (χ0v) is 15.7. The van der Waals surface area contributed by atoms with Crippen LogP contribution >= 0.6 is 0 Å². The number of hydrogen-bond donors (Lipinski definition) is 2. The molecule has 0 unspecified atom stereocenters. The summed E-state index contributed by atoms with van der Waals surface area (Å²) in [5, 5.41) is 0. The molecule has 0 atom stereocenters. The molecule has 3 aromatic rings. The van der Waals surface area contributed by atoms with Crippen LogP contribution in [0.5, 0.6) is 11.5 Å². The van der Waals surface area contributed by atoms with Gasteiger partial charge in [-0.1, -0.05) is 60.7 Å². The van der Waals surface area contributed by atoms with Gasteiger partial charge in [0.15, 0.2) is 6.61 Å². The van der Waals surface area contributed by atoms with Gasteiger partial charge in [0.25, 0.3) is 11.8 Å². The van der Waals surface area contributed by atoms with E-state index < -0.39 is 18.4 Å². The predicted molar refractivity (Wildman–Crippen MR) is 106 cm³/mol. The van der Waals surface area contributed by atoms with Crippen molar-refractivity contribution in [1.29, 1.82) is 0 Å². The molecule has 154 valence electrons. The van der Waals surface area contributed by atoms with Gasteiger partial charge in [0, 0.05) is 5.56 Å². The fraction of sp³-hybridized carbons (Fsp3) is 0.0909. The molecule has 3 rings (SSSR count). The Bertz CT molecular complexity index is 1010. The minimum absolute atomic E-state index is 0.145. The van der Waals surface area contributed by atoms with Crippen LogP contribution in [0.15, 0.2) is 78.9 Å². The fourth-order valence-corrected chi connectivity index (χ4v) is 2.67. The summed E-state index contributed by atoms with van der Waals surface area (Å²) in [5.74, 6) is -1.23. The number of carbonyl (C=O) groups excluding carboxylic acids is 2. The molecule has 0 heterocycles. The van der Waals surface area contributed by atoms with Crippen molar-refractivity contribution in [2.24, 2.45) is 0 Å². The molecule has 0 radical (unpaired) electrons. The van der Waals surface area contributed by atoms with E-state index in [1.165, 1.54) is 24.3 Å². The minimum Gasteiger partial charge on any atom is -0.483 e. The van der Waals surface area contributed by atoms with E-state index in [0.717, 1.165) is 11.1 Å². The van der Waals surface area contributed by atoms with Gasteiger partial charge < -0.3 is 9.47 Å². The lowest BCUT2D eigenvalue weighted by Crippen LogP contribution is -2.44. The number of halogens is 2. The van der Waals surface area contributed by atoms with Crippen molar-refractivity contribution < 1.29 is 27.8 Å². The number of benzene rings is 3. The van der Waals surface area contributed by atoms with E-state index in [9.17, 15) is 18.4 Å². The summed E-state index contributed by atoms with van der Waals surface area (Å²) in [7, 11) is 0. The second kappa shape index (κ2) is 10.0. The average Bonchev–Trinajstić information content (AvgIpc) is 2.77. The number of rotatable bonds is 7. The molecular formula is C22H18F2N2O4. The molecule has 0 aliphatic rings. The summed E-state index contributed by atoms with van der Waals surface area (Å²) in [5.41, 5.74) is 5.93. The Morgan fingerprint density at radius 3 is 2.17 bits per heavy atom. The van der Waals surface area contributed by atoms with Crippen molar-refractivity contribution in [3.63, 3.8) is 0 Å². The highest BCUT2D eigenvalue weighted by Gasteiger charge is 2.16. The molecule has 8 heteroatoms. The zero-order chi connectivity index (χ0) is 21.3. The van der Waals surface area contributed by atoms with Crippen LogP contribution in [0.1, 0.15) is 10.4 Å². The smallest absolute Gasteiger partial charge is 0.387 e. The van der Waals surface area contributed by atoms with Gasteiger partial charge in [-0.3, -0.25) is 20.4 Å². The molecule has 2 amide bonds. The summed E-state index contributed by atoms with van der Waals surface area (Å²) in [6.45, 7) is -3.44. The van der Waals surface area contributed by atoms with Crippen LogP contribution in [-0.2, 0) is 4.79 Å². The Hall–Kier alpha value is -3.94. The second-order valence-corrected chi connectivity index (χ2v) is 6.03. The highest BCUT2D eigenvalue weighted by molar-refractivity contribution is 5.97. The molecule has 0 aromatic heterocycles. The summed E-state index contributed by atoms with van der Waals surface area (Å²) >= 11 is 0. The highest BCUT2D eigenvalue weighted by Crippen LogP contribution is 2.29. The maximum Gasteiger partial charge on any atom is 0.387 e. The Morgan fingerprint density at radius 2 is 1.43 bits per heavy atom. The van der Waals surface area contributed by atoms with Crippen LogP contribution in [0.2, 0.25) is 0 Å². The molecule has 2 N–H and O–H groups in total. The number of carbonyl (C=O) groups is 2. The van der Waals surface area contributed by atoms with Crippen LogP contribution in [0.3, 0.4) is 0 Å². The van der Waals surface area contributed by atoms with Crippen LogP contribution in [-0.4, -0.2) is 25.0 Å². The van der Waals surface area contributed by atoms with E-state index in [2.05, 4.69) is 15.6 Å². The number of para-hydroxylation sites is 2. The van der Waals surface area contributed by atoms with Crippen LogP contribution in [0.25, 0.3) is 11.1 Å². The molecule has 6 nitrogen and oxygen atoms in total. The number of amides is 2. The third-order valence-electron chi connectivity index (χ3n) is 3.99. The SMILES string of the molecule is O=C(COc1ccccc1-c1ccccc1)NNC(=O)c1ccccc1OC(F)F. The van der Waals surface area contributed by atoms with Gasteiger partial charge in [0.05, 0.1) is 5.56 Å². The second-order valence-electron chi connectivity index (χ2n) is 6.03. The Labute approximate surface area is 171 Å². The van der Waals surface area contributed by atoms with E-state index in [4.69, 9.17) is 4.74 Å². The number of nitrogens with one attached hydrogen (secondary N) is 2. The summed E-state index contributed by atoms with van der Waals surface area (Å²) in [4.78, 5) is 24.2. The fourth-order valence-electron chi connectivity index (χ4n) is 2.67. The normalized spacial score (nSPS) is 10.4. The number of alkyl halides is 2. The van der Waals surface area contributed by atoms with Crippen molar-refractivity contribution >= 4 is 11.8 Å². The third kappa shape index (κ3) is 5.54. The highest BCUT2D eigenvalue weighted by atomic mass is 19.3. The van der Waals surface area contributed by atoms with E-state index in [1.807, 2.05) is 42.5 Å². The minimum atomic E-state index is -3.08. The van der Waals surface area contributed by atoms with Crippen molar-refractivity contribution in [2.75, 3.05) is 6.61 Å². The summed E-state index contributed by atoms with van der Waals surface area (Å²) < 4.78 is 34.8. The van der Waals surface area contributed by atoms with Crippen LogP contribution in [0, 0.1) is 0 Å². The molecule has 0 spiro atoms. The molecule has 0 aliphatic carbocycles. The summed E-state index contributed by atoms with van der Waals surface area (Å²) in [6, 6.07) is 22.2. The first-order valence-electron chi connectivity index (χ1n) is 8.95. The molecule has 0 bridgehead atoms. The van der Waals surface area contributed by atoms with E-state index >= 15 is 0 Å². The molecule has 0 aliphatic heterocycles. The van der Waals surface area contributed by atoms with E-state index in [1.54, 1.807) is 12.1 Å².